The minimum absolute atomic E-state index is 0.194. The molecule has 0 saturated heterocycles. The Hall–Kier alpha value is -1.88. The van der Waals surface area contributed by atoms with Crippen molar-refractivity contribution in [2.45, 2.75) is 39.2 Å². The zero-order chi connectivity index (χ0) is 15.2. The maximum atomic E-state index is 12.3. The third kappa shape index (κ3) is 3.24. The topological polar surface area (TPSA) is 70.1 Å². The fourth-order valence-electron chi connectivity index (χ4n) is 2.61. The number of ether oxygens (including phenoxy) is 1. The zero-order valence-electron chi connectivity index (χ0n) is 12.7. The van der Waals surface area contributed by atoms with Gasteiger partial charge in [-0.2, -0.15) is 0 Å². The number of esters is 1. The molecule has 0 aliphatic heterocycles. The summed E-state index contributed by atoms with van der Waals surface area (Å²) in [4.78, 5) is 17.0. The molecule has 0 aliphatic carbocycles. The summed E-state index contributed by atoms with van der Waals surface area (Å²) >= 11 is 0. The Kier molecular flexibility index (Phi) is 5.33. The lowest BCUT2D eigenvalue weighted by molar-refractivity contribution is -0.147. The normalized spacial score (nSPS) is 12.5. The molecule has 0 fully saturated rings. The molecule has 0 saturated carbocycles. The summed E-state index contributed by atoms with van der Waals surface area (Å²) in [7, 11) is 0. The smallest absolute Gasteiger partial charge is 0.329 e. The summed E-state index contributed by atoms with van der Waals surface area (Å²) in [6.45, 7) is 4.78. The summed E-state index contributed by atoms with van der Waals surface area (Å²) in [5, 5.41) is 0. The zero-order valence-corrected chi connectivity index (χ0v) is 12.7. The first kappa shape index (κ1) is 15.5. The van der Waals surface area contributed by atoms with Gasteiger partial charge in [0.05, 0.1) is 17.6 Å². The van der Waals surface area contributed by atoms with Crippen molar-refractivity contribution in [3.05, 3.63) is 30.1 Å². The number of imidazole rings is 1. The van der Waals surface area contributed by atoms with E-state index in [9.17, 15) is 4.79 Å². The number of fused-ring (bicyclic) bond motifs is 1. The highest BCUT2D eigenvalue weighted by atomic mass is 16.5. The lowest BCUT2D eigenvalue weighted by Gasteiger charge is -2.19. The standard InChI is InChI=1S/C16H23N3O2/c1-3-7-14(16(20)21-4-2)19-13-9-6-5-8-12(13)18-15(19)10-11-17/h5-6,8-9,14H,3-4,7,10-11,17H2,1-2H3. The second-order valence-corrected chi connectivity index (χ2v) is 4.98. The number of nitrogens with zero attached hydrogens (tertiary/aromatic N) is 2. The van der Waals surface area contributed by atoms with Crippen LogP contribution < -0.4 is 5.73 Å². The molecule has 5 heteroatoms. The van der Waals surface area contributed by atoms with Gasteiger partial charge in [-0.25, -0.2) is 9.78 Å². The van der Waals surface area contributed by atoms with Crippen molar-refractivity contribution in [1.29, 1.82) is 0 Å². The van der Waals surface area contributed by atoms with Crippen molar-refractivity contribution in [1.82, 2.24) is 9.55 Å². The van der Waals surface area contributed by atoms with E-state index < -0.39 is 0 Å². The first-order chi connectivity index (χ1) is 10.2. The molecule has 0 aliphatic rings. The van der Waals surface area contributed by atoms with E-state index in [1.54, 1.807) is 0 Å². The summed E-state index contributed by atoms with van der Waals surface area (Å²) < 4.78 is 7.25. The molecule has 1 unspecified atom stereocenters. The average Bonchev–Trinajstić information content (AvgIpc) is 2.83. The summed E-state index contributed by atoms with van der Waals surface area (Å²) in [5.74, 6) is 0.658. The van der Waals surface area contributed by atoms with Crippen LogP contribution in [0.5, 0.6) is 0 Å². The van der Waals surface area contributed by atoms with E-state index in [0.29, 0.717) is 19.6 Å². The van der Waals surface area contributed by atoms with E-state index in [-0.39, 0.29) is 12.0 Å². The van der Waals surface area contributed by atoms with Crippen LogP contribution in [0.3, 0.4) is 0 Å². The van der Waals surface area contributed by atoms with Gasteiger partial charge in [-0.05, 0) is 32.0 Å². The molecule has 1 aromatic heterocycles. The molecule has 1 heterocycles. The van der Waals surface area contributed by atoms with Crippen molar-refractivity contribution in [2.24, 2.45) is 5.73 Å². The first-order valence-corrected chi connectivity index (χ1v) is 7.55. The van der Waals surface area contributed by atoms with Crippen molar-refractivity contribution >= 4 is 17.0 Å². The Morgan fingerprint density at radius 2 is 2.14 bits per heavy atom. The summed E-state index contributed by atoms with van der Waals surface area (Å²) in [6, 6.07) is 7.53. The Morgan fingerprint density at radius 1 is 1.38 bits per heavy atom. The molecule has 1 aromatic carbocycles. The van der Waals surface area contributed by atoms with Gasteiger partial charge in [0, 0.05) is 6.42 Å². The molecule has 1 atom stereocenters. The van der Waals surface area contributed by atoms with Gasteiger partial charge in [-0.1, -0.05) is 25.5 Å². The average molecular weight is 289 g/mol. The quantitative estimate of drug-likeness (QED) is 0.795. The highest BCUT2D eigenvalue weighted by Gasteiger charge is 2.25. The van der Waals surface area contributed by atoms with Gasteiger partial charge in [-0.15, -0.1) is 0 Å². The minimum Gasteiger partial charge on any atom is -0.464 e. The van der Waals surface area contributed by atoms with E-state index in [0.717, 1.165) is 29.7 Å². The van der Waals surface area contributed by atoms with E-state index in [1.807, 2.05) is 35.8 Å². The molecule has 2 rings (SSSR count). The molecule has 0 amide bonds. The molecular weight excluding hydrogens is 266 g/mol. The molecule has 0 radical (unpaired) electrons. The van der Waals surface area contributed by atoms with E-state index in [1.165, 1.54) is 0 Å². The predicted molar refractivity (Wildman–Crippen MR) is 83.1 cm³/mol. The predicted octanol–water partition coefficient (Wildman–Crippen LogP) is 2.44. The number of rotatable bonds is 7. The number of hydrogen-bond donors (Lipinski definition) is 1. The second-order valence-electron chi connectivity index (χ2n) is 4.98. The first-order valence-electron chi connectivity index (χ1n) is 7.55. The fraction of sp³-hybridized carbons (Fsp3) is 0.500. The molecule has 0 spiro atoms. The molecule has 114 valence electrons. The molecule has 2 N–H and O–H groups in total. The third-order valence-corrected chi connectivity index (χ3v) is 3.47. The van der Waals surface area contributed by atoms with Gasteiger partial charge >= 0.3 is 5.97 Å². The number of carbonyl (C=O) groups is 1. The minimum atomic E-state index is -0.330. The molecule has 2 aromatic rings. The maximum absolute atomic E-state index is 12.3. The van der Waals surface area contributed by atoms with Crippen LogP contribution in [-0.2, 0) is 16.0 Å². The molecule has 21 heavy (non-hydrogen) atoms. The van der Waals surface area contributed by atoms with Crippen molar-refractivity contribution in [3.63, 3.8) is 0 Å². The Balaban J connectivity index is 2.53. The number of para-hydroxylation sites is 2. The van der Waals surface area contributed by atoms with Gasteiger partial charge in [0.1, 0.15) is 11.9 Å². The van der Waals surface area contributed by atoms with Crippen LogP contribution in [0.1, 0.15) is 38.6 Å². The van der Waals surface area contributed by atoms with Crippen LogP contribution in [0.15, 0.2) is 24.3 Å². The molecule has 5 nitrogen and oxygen atoms in total. The van der Waals surface area contributed by atoms with E-state index in [4.69, 9.17) is 10.5 Å². The Bertz CT molecular complexity index is 607. The Labute approximate surface area is 125 Å². The largest absolute Gasteiger partial charge is 0.464 e. The SMILES string of the molecule is CCCC(C(=O)OCC)n1c(CCN)nc2ccccc21. The lowest BCUT2D eigenvalue weighted by Crippen LogP contribution is -2.24. The van der Waals surface area contributed by atoms with Crippen LogP contribution in [0.2, 0.25) is 0 Å². The fourth-order valence-corrected chi connectivity index (χ4v) is 2.61. The van der Waals surface area contributed by atoms with Gasteiger partial charge in [0.15, 0.2) is 0 Å². The van der Waals surface area contributed by atoms with Crippen LogP contribution >= 0.6 is 0 Å². The van der Waals surface area contributed by atoms with Crippen LogP contribution in [0.25, 0.3) is 11.0 Å². The van der Waals surface area contributed by atoms with E-state index >= 15 is 0 Å². The number of nitrogens with two attached hydrogens (primary N) is 1. The lowest BCUT2D eigenvalue weighted by atomic mass is 10.1. The van der Waals surface area contributed by atoms with Crippen LogP contribution in [-0.4, -0.2) is 28.7 Å². The van der Waals surface area contributed by atoms with Crippen LogP contribution in [0.4, 0.5) is 0 Å². The second kappa shape index (κ2) is 7.22. The summed E-state index contributed by atoms with van der Waals surface area (Å²) in [5.41, 5.74) is 7.55. The number of carbonyl (C=O) groups excluding carboxylic acids is 1. The molecular formula is C16H23N3O2. The number of aromatic nitrogens is 2. The number of hydrogen-bond acceptors (Lipinski definition) is 4. The van der Waals surface area contributed by atoms with E-state index in [2.05, 4.69) is 11.9 Å². The monoisotopic (exact) mass is 289 g/mol. The third-order valence-electron chi connectivity index (χ3n) is 3.47. The van der Waals surface area contributed by atoms with Gasteiger partial charge < -0.3 is 15.0 Å². The Morgan fingerprint density at radius 3 is 2.81 bits per heavy atom. The van der Waals surface area contributed by atoms with Gasteiger partial charge in [0.25, 0.3) is 0 Å². The maximum Gasteiger partial charge on any atom is 0.329 e. The summed E-state index contributed by atoms with van der Waals surface area (Å²) in [6.07, 6.45) is 2.28. The molecule has 0 bridgehead atoms. The number of benzene rings is 1. The van der Waals surface area contributed by atoms with Crippen molar-refractivity contribution < 1.29 is 9.53 Å². The van der Waals surface area contributed by atoms with Gasteiger partial charge in [0.2, 0.25) is 0 Å². The highest BCUT2D eigenvalue weighted by Crippen LogP contribution is 2.25. The van der Waals surface area contributed by atoms with Gasteiger partial charge in [-0.3, -0.25) is 0 Å². The van der Waals surface area contributed by atoms with Crippen molar-refractivity contribution in [2.75, 3.05) is 13.2 Å². The highest BCUT2D eigenvalue weighted by molar-refractivity contribution is 5.81. The van der Waals surface area contributed by atoms with Crippen molar-refractivity contribution in [3.8, 4) is 0 Å². The van der Waals surface area contributed by atoms with Crippen LogP contribution in [0, 0.1) is 0 Å².